The van der Waals surface area contributed by atoms with Gasteiger partial charge in [0.05, 0.1) is 5.56 Å². The molecule has 3 aromatic rings. The number of nitrogens with one attached hydrogen (secondary N) is 1. The normalized spacial score (nSPS) is 18.9. The number of carbonyl (C=O) groups excluding carboxylic acids is 1. The summed E-state index contributed by atoms with van der Waals surface area (Å²) in [5.74, 6) is 0.998. The van der Waals surface area contributed by atoms with E-state index in [2.05, 4.69) is 75.6 Å². The molecule has 2 aromatic carbocycles. The Labute approximate surface area is 195 Å². The first-order valence-electron chi connectivity index (χ1n) is 11.8. The molecule has 1 amide bonds. The number of rotatable bonds is 4. The average Bonchev–Trinajstić information content (AvgIpc) is 2.89. The lowest BCUT2D eigenvalue weighted by Gasteiger charge is -2.36. The topological polar surface area (TPSA) is 51.7 Å². The highest BCUT2D eigenvalue weighted by molar-refractivity contribution is 5.94. The molecule has 6 nitrogen and oxygen atoms in total. The predicted molar refractivity (Wildman–Crippen MR) is 133 cm³/mol. The quantitative estimate of drug-likeness (QED) is 0.672. The molecule has 170 valence electrons. The molecular formula is C27H31N5O. The average molecular weight is 442 g/mol. The van der Waals surface area contributed by atoms with Crippen molar-refractivity contribution in [2.24, 2.45) is 0 Å². The molecule has 0 radical (unpaired) electrons. The van der Waals surface area contributed by atoms with Crippen LogP contribution in [0.3, 0.4) is 0 Å². The van der Waals surface area contributed by atoms with Crippen molar-refractivity contribution in [2.45, 2.75) is 13.0 Å². The number of piperazine rings is 2. The number of nitrogens with zero attached hydrogens (tertiary/aromatic N) is 4. The number of hydrogen-bond acceptors (Lipinski definition) is 5. The molecule has 2 saturated heterocycles. The number of carbonyl (C=O) groups is 1. The molecule has 0 saturated carbocycles. The summed E-state index contributed by atoms with van der Waals surface area (Å²) in [5.41, 5.74) is 4.44. The van der Waals surface area contributed by atoms with Gasteiger partial charge in [-0.15, -0.1) is 0 Å². The standard InChI is InChI=1S/C27H31N5O/c1-21-7-10-24(11-8-21)30-15-17-31(18-16-30)27(33)23-9-12-26(29-19-23)32-14-13-28-25(20-32)22-5-3-2-4-6-22/h2-12,19,25,28H,13-18,20H2,1H3. The minimum atomic E-state index is 0.0695. The summed E-state index contributed by atoms with van der Waals surface area (Å²) in [6.07, 6.45) is 1.74. The van der Waals surface area contributed by atoms with Crippen LogP contribution in [-0.2, 0) is 0 Å². The Kier molecular flexibility index (Phi) is 6.26. The van der Waals surface area contributed by atoms with Gasteiger partial charge in [0, 0.05) is 63.7 Å². The van der Waals surface area contributed by atoms with Crippen molar-refractivity contribution >= 4 is 17.4 Å². The third kappa shape index (κ3) is 4.86. The zero-order valence-electron chi connectivity index (χ0n) is 19.2. The van der Waals surface area contributed by atoms with Crippen LogP contribution in [-0.4, -0.2) is 61.6 Å². The molecule has 1 aromatic heterocycles. The second-order valence-corrected chi connectivity index (χ2v) is 8.88. The minimum absolute atomic E-state index is 0.0695. The van der Waals surface area contributed by atoms with Gasteiger partial charge in [-0.3, -0.25) is 4.79 Å². The molecule has 1 N–H and O–H groups in total. The van der Waals surface area contributed by atoms with E-state index in [1.54, 1.807) is 6.20 Å². The first-order valence-corrected chi connectivity index (χ1v) is 11.8. The number of aromatic nitrogens is 1. The van der Waals surface area contributed by atoms with Crippen LogP contribution in [0, 0.1) is 6.92 Å². The SMILES string of the molecule is Cc1ccc(N2CCN(C(=O)c3ccc(N4CCNC(c5ccccc5)C4)nc3)CC2)cc1. The van der Waals surface area contributed by atoms with E-state index in [1.165, 1.54) is 16.8 Å². The van der Waals surface area contributed by atoms with Crippen LogP contribution in [0.25, 0.3) is 0 Å². The van der Waals surface area contributed by atoms with Crippen LogP contribution < -0.4 is 15.1 Å². The maximum absolute atomic E-state index is 13.1. The van der Waals surface area contributed by atoms with Crippen molar-refractivity contribution in [1.29, 1.82) is 0 Å². The molecule has 2 aliphatic heterocycles. The molecule has 0 spiro atoms. The zero-order valence-corrected chi connectivity index (χ0v) is 19.2. The summed E-state index contributed by atoms with van der Waals surface area (Å²) in [6.45, 7) is 7.94. The second kappa shape index (κ2) is 9.63. The molecule has 2 fully saturated rings. The van der Waals surface area contributed by atoms with Crippen molar-refractivity contribution in [3.8, 4) is 0 Å². The van der Waals surface area contributed by atoms with Crippen molar-refractivity contribution < 1.29 is 4.79 Å². The van der Waals surface area contributed by atoms with Gasteiger partial charge in [0.15, 0.2) is 0 Å². The summed E-state index contributed by atoms with van der Waals surface area (Å²) < 4.78 is 0. The Bertz CT molecular complexity index is 1060. The van der Waals surface area contributed by atoms with Crippen molar-refractivity contribution in [1.82, 2.24) is 15.2 Å². The number of pyridine rings is 1. The largest absolute Gasteiger partial charge is 0.368 e. The van der Waals surface area contributed by atoms with Gasteiger partial charge in [-0.05, 0) is 36.8 Å². The van der Waals surface area contributed by atoms with E-state index in [-0.39, 0.29) is 11.9 Å². The highest BCUT2D eigenvalue weighted by Crippen LogP contribution is 2.22. The fourth-order valence-electron chi connectivity index (χ4n) is 4.67. The molecule has 1 unspecified atom stereocenters. The number of anilines is 2. The Balaban J connectivity index is 1.19. The van der Waals surface area contributed by atoms with Crippen molar-refractivity contribution in [3.05, 3.63) is 89.6 Å². The molecule has 5 rings (SSSR count). The summed E-state index contributed by atoms with van der Waals surface area (Å²) in [6, 6.07) is 23.3. The van der Waals surface area contributed by atoms with E-state index in [4.69, 9.17) is 0 Å². The molecule has 2 aliphatic rings. The number of hydrogen-bond donors (Lipinski definition) is 1. The third-order valence-corrected chi connectivity index (χ3v) is 6.66. The lowest BCUT2D eigenvalue weighted by molar-refractivity contribution is 0.0746. The maximum Gasteiger partial charge on any atom is 0.255 e. The lowest BCUT2D eigenvalue weighted by atomic mass is 10.0. The number of aryl methyl sites for hydroxylation is 1. The molecule has 3 heterocycles. The van der Waals surface area contributed by atoms with Crippen molar-refractivity contribution in [2.75, 3.05) is 55.6 Å². The predicted octanol–water partition coefficient (Wildman–Crippen LogP) is 3.50. The van der Waals surface area contributed by atoms with E-state index in [9.17, 15) is 4.79 Å². The van der Waals surface area contributed by atoms with Crippen LogP contribution in [0.4, 0.5) is 11.5 Å². The number of amides is 1. The van der Waals surface area contributed by atoms with E-state index in [0.29, 0.717) is 5.56 Å². The van der Waals surface area contributed by atoms with E-state index >= 15 is 0 Å². The van der Waals surface area contributed by atoms with Crippen LogP contribution in [0.2, 0.25) is 0 Å². The van der Waals surface area contributed by atoms with Crippen LogP contribution in [0.5, 0.6) is 0 Å². The molecule has 1 atom stereocenters. The minimum Gasteiger partial charge on any atom is -0.368 e. The van der Waals surface area contributed by atoms with Gasteiger partial charge in [-0.25, -0.2) is 4.98 Å². The summed E-state index contributed by atoms with van der Waals surface area (Å²) in [7, 11) is 0. The number of benzene rings is 2. The Morgan fingerprint density at radius 3 is 2.33 bits per heavy atom. The fraction of sp³-hybridized carbons (Fsp3) is 0.333. The Morgan fingerprint density at radius 2 is 1.64 bits per heavy atom. The monoisotopic (exact) mass is 441 g/mol. The van der Waals surface area contributed by atoms with Gasteiger partial charge in [-0.2, -0.15) is 0 Å². The Hall–Kier alpha value is -3.38. The molecule has 33 heavy (non-hydrogen) atoms. The smallest absolute Gasteiger partial charge is 0.255 e. The third-order valence-electron chi connectivity index (χ3n) is 6.66. The van der Waals surface area contributed by atoms with E-state index in [1.807, 2.05) is 23.1 Å². The fourth-order valence-corrected chi connectivity index (χ4v) is 4.67. The second-order valence-electron chi connectivity index (χ2n) is 8.88. The maximum atomic E-state index is 13.1. The van der Waals surface area contributed by atoms with E-state index < -0.39 is 0 Å². The molecule has 0 bridgehead atoms. The van der Waals surface area contributed by atoms with Crippen LogP contribution >= 0.6 is 0 Å². The zero-order chi connectivity index (χ0) is 22.6. The molecule has 0 aliphatic carbocycles. The van der Waals surface area contributed by atoms with Crippen LogP contribution in [0.1, 0.15) is 27.5 Å². The molecule has 6 heteroatoms. The summed E-state index contributed by atoms with van der Waals surface area (Å²) in [4.78, 5) is 24.3. The van der Waals surface area contributed by atoms with Gasteiger partial charge in [0.1, 0.15) is 5.82 Å². The van der Waals surface area contributed by atoms with Gasteiger partial charge in [0.25, 0.3) is 5.91 Å². The Morgan fingerprint density at radius 1 is 0.879 bits per heavy atom. The first-order chi connectivity index (χ1) is 16.2. The van der Waals surface area contributed by atoms with Gasteiger partial charge in [-0.1, -0.05) is 48.0 Å². The first kappa shape index (κ1) is 21.5. The van der Waals surface area contributed by atoms with E-state index in [0.717, 1.165) is 51.6 Å². The summed E-state index contributed by atoms with van der Waals surface area (Å²) >= 11 is 0. The summed E-state index contributed by atoms with van der Waals surface area (Å²) in [5, 5.41) is 3.59. The molecular weight excluding hydrogens is 410 g/mol. The van der Waals surface area contributed by atoms with Crippen LogP contribution in [0.15, 0.2) is 72.9 Å². The lowest BCUT2D eigenvalue weighted by Crippen LogP contribution is -2.48. The van der Waals surface area contributed by atoms with Gasteiger partial charge < -0.3 is 20.0 Å². The highest BCUT2D eigenvalue weighted by atomic mass is 16.2. The van der Waals surface area contributed by atoms with Crippen molar-refractivity contribution in [3.63, 3.8) is 0 Å². The van der Waals surface area contributed by atoms with Gasteiger partial charge >= 0.3 is 0 Å². The highest BCUT2D eigenvalue weighted by Gasteiger charge is 2.24. The van der Waals surface area contributed by atoms with Gasteiger partial charge in [0.2, 0.25) is 0 Å².